The van der Waals surface area contributed by atoms with Crippen LogP contribution in [0.2, 0.25) is 0 Å². The molecule has 0 N–H and O–H groups in total. The molecule has 17 heavy (non-hydrogen) atoms. The second-order valence-electron chi connectivity index (χ2n) is 4.87. The van der Waals surface area contributed by atoms with E-state index in [0.717, 1.165) is 30.4 Å². The number of rotatable bonds is 3. The first-order valence-corrected chi connectivity index (χ1v) is 6.24. The predicted molar refractivity (Wildman–Crippen MR) is 63.9 cm³/mol. The van der Waals surface area contributed by atoms with Crippen molar-refractivity contribution in [1.29, 1.82) is 0 Å². The number of hydrogen-bond acceptors (Lipinski definition) is 3. The first kappa shape index (κ1) is 11.1. The third-order valence-electron chi connectivity index (χ3n) is 3.60. The van der Waals surface area contributed by atoms with Gasteiger partial charge in [0.1, 0.15) is 5.75 Å². The quantitative estimate of drug-likeness (QED) is 0.805. The second-order valence-corrected chi connectivity index (χ2v) is 4.87. The van der Waals surface area contributed by atoms with Gasteiger partial charge >= 0.3 is 0 Å². The molecule has 0 radical (unpaired) electrons. The first-order valence-electron chi connectivity index (χ1n) is 6.24. The topological polar surface area (TPSA) is 27.7 Å². The van der Waals surface area contributed by atoms with E-state index in [2.05, 4.69) is 0 Å². The number of benzene rings is 1. The summed E-state index contributed by atoms with van der Waals surface area (Å²) in [4.78, 5) is 0. The van der Waals surface area contributed by atoms with Gasteiger partial charge < -0.3 is 14.2 Å². The molecule has 0 bridgehead atoms. The van der Waals surface area contributed by atoms with Crippen LogP contribution in [0.25, 0.3) is 0 Å². The van der Waals surface area contributed by atoms with Crippen LogP contribution in [0.15, 0.2) is 24.3 Å². The third-order valence-corrected chi connectivity index (χ3v) is 3.60. The van der Waals surface area contributed by atoms with Gasteiger partial charge in [0.2, 0.25) is 0 Å². The molecule has 1 heterocycles. The summed E-state index contributed by atoms with van der Waals surface area (Å²) in [6.07, 6.45) is 2.51. The highest BCUT2D eigenvalue weighted by Gasteiger charge is 2.35. The molecule has 1 aromatic carbocycles. The van der Waals surface area contributed by atoms with Gasteiger partial charge in [0.15, 0.2) is 6.29 Å². The van der Waals surface area contributed by atoms with Gasteiger partial charge in [-0.15, -0.1) is 0 Å². The molecule has 2 fully saturated rings. The zero-order chi connectivity index (χ0) is 11.7. The Bertz CT molecular complexity index is 362. The molecule has 0 unspecified atom stereocenters. The smallest absolute Gasteiger partial charge is 0.183 e. The Balaban J connectivity index is 1.60. The van der Waals surface area contributed by atoms with Crippen LogP contribution in [0.3, 0.4) is 0 Å². The van der Waals surface area contributed by atoms with Crippen LogP contribution < -0.4 is 4.74 Å². The molecule has 0 aromatic heterocycles. The van der Waals surface area contributed by atoms with E-state index >= 15 is 0 Å². The summed E-state index contributed by atoms with van der Waals surface area (Å²) in [5.74, 6) is 2.33. The molecule has 0 atom stereocenters. The number of ether oxygens (including phenoxy) is 3. The summed E-state index contributed by atoms with van der Waals surface area (Å²) < 4.78 is 16.7. The van der Waals surface area contributed by atoms with Crippen molar-refractivity contribution in [3.63, 3.8) is 0 Å². The molecule has 1 saturated heterocycles. The van der Waals surface area contributed by atoms with Crippen LogP contribution in [0.1, 0.15) is 24.7 Å². The molecule has 92 valence electrons. The molecule has 2 aliphatic rings. The van der Waals surface area contributed by atoms with E-state index in [1.54, 1.807) is 7.11 Å². The van der Waals surface area contributed by atoms with Gasteiger partial charge in [0, 0.05) is 11.5 Å². The van der Waals surface area contributed by atoms with Crippen molar-refractivity contribution in [2.45, 2.75) is 19.1 Å². The Kier molecular flexibility index (Phi) is 3.04. The second kappa shape index (κ2) is 4.67. The van der Waals surface area contributed by atoms with Gasteiger partial charge in [-0.05, 0) is 30.9 Å². The minimum Gasteiger partial charge on any atom is -0.497 e. The standard InChI is InChI=1S/C14H18O3/c1-15-13-6-4-11(5-7-13)14-16-8-12(9-17-14)10-2-3-10/h4-7,10,12,14H,2-3,8-9H2,1H3. The summed E-state index contributed by atoms with van der Waals surface area (Å²) in [5.41, 5.74) is 1.07. The Morgan fingerprint density at radius 1 is 1.00 bits per heavy atom. The van der Waals surface area contributed by atoms with Crippen LogP contribution in [0, 0.1) is 11.8 Å². The van der Waals surface area contributed by atoms with Crippen molar-refractivity contribution in [2.75, 3.05) is 20.3 Å². The first-order chi connectivity index (χ1) is 8.36. The molecule has 1 aromatic rings. The Labute approximate surface area is 102 Å². The van der Waals surface area contributed by atoms with Gasteiger partial charge in [-0.2, -0.15) is 0 Å². The van der Waals surface area contributed by atoms with Crippen molar-refractivity contribution in [2.24, 2.45) is 11.8 Å². The van der Waals surface area contributed by atoms with Crippen molar-refractivity contribution < 1.29 is 14.2 Å². The summed E-state index contributed by atoms with van der Waals surface area (Å²) in [6, 6.07) is 7.88. The maximum absolute atomic E-state index is 5.79. The van der Waals surface area contributed by atoms with Crippen molar-refractivity contribution in [1.82, 2.24) is 0 Å². The van der Waals surface area contributed by atoms with E-state index < -0.39 is 0 Å². The maximum Gasteiger partial charge on any atom is 0.183 e. The van der Waals surface area contributed by atoms with E-state index in [1.807, 2.05) is 24.3 Å². The molecule has 3 nitrogen and oxygen atoms in total. The highest BCUT2D eigenvalue weighted by atomic mass is 16.7. The van der Waals surface area contributed by atoms with Gasteiger partial charge in [-0.3, -0.25) is 0 Å². The summed E-state index contributed by atoms with van der Waals surface area (Å²) in [6.45, 7) is 1.67. The molecular weight excluding hydrogens is 216 g/mol. The molecule has 0 spiro atoms. The van der Waals surface area contributed by atoms with Crippen LogP contribution in [-0.4, -0.2) is 20.3 Å². The average molecular weight is 234 g/mol. The summed E-state index contributed by atoms with van der Waals surface area (Å²) in [7, 11) is 1.67. The molecule has 3 rings (SSSR count). The van der Waals surface area contributed by atoms with Gasteiger partial charge in [0.25, 0.3) is 0 Å². The van der Waals surface area contributed by atoms with Crippen molar-refractivity contribution >= 4 is 0 Å². The van der Waals surface area contributed by atoms with Gasteiger partial charge in [-0.25, -0.2) is 0 Å². The molecule has 1 aliphatic carbocycles. The van der Waals surface area contributed by atoms with Crippen molar-refractivity contribution in [3.8, 4) is 5.75 Å². The van der Waals surface area contributed by atoms with Gasteiger partial charge in [-0.1, -0.05) is 12.1 Å². The lowest BCUT2D eigenvalue weighted by molar-refractivity contribution is -0.208. The average Bonchev–Trinajstić information content (AvgIpc) is 3.24. The minimum absolute atomic E-state index is 0.198. The lowest BCUT2D eigenvalue weighted by atomic mass is 10.1. The molecule has 1 saturated carbocycles. The number of hydrogen-bond donors (Lipinski definition) is 0. The Morgan fingerprint density at radius 3 is 2.18 bits per heavy atom. The normalized spacial score (nSPS) is 29.0. The van der Waals surface area contributed by atoms with Crippen LogP contribution in [-0.2, 0) is 9.47 Å². The fourth-order valence-electron chi connectivity index (χ4n) is 2.31. The molecule has 1 aliphatic heterocycles. The fourth-order valence-corrected chi connectivity index (χ4v) is 2.31. The monoisotopic (exact) mass is 234 g/mol. The molecular formula is C14H18O3. The molecule has 3 heteroatoms. The lowest BCUT2D eigenvalue weighted by Gasteiger charge is -2.29. The largest absolute Gasteiger partial charge is 0.497 e. The lowest BCUT2D eigenvalue weighted by Crippen LogP contribution is -2.28. The fraction of sp³-hybridized carbons (Fsp3) is 0.571. The number of methoxy groups -OCH3 is 1. The Morgan fingerprint density at radius 2 is 1.65 bits per heavy atom. The van der Waals surface area contributed by atoms with E-state index in [9.17, 15) is 0 Å². The van der Waals surface area contributed by atoms with Crippen molar-refractivity contribution in [3.05, 3.63) is 29.8 Å². The zero-order valence-electron chi connectivity index (χ0n) is 10.1. The SMILES string of the molecule is COc1ccc(C2OCC(C3CC3)CO2)cc1. The van der Waals surface area contributed by atoms with Gasteiger partial charge in [0.05, 0.1) is 20.3 Å². The van der Waals surface area contributed by atoms with Crippen LogP contribution >= 0.6 is 0 Å². The van der Waals surface area contributed by atoms with E-state index in [4.69, 9.17) is 14.2 Å². The van der Waals surface area contributed by atoms with Crippen LogP contribution in [0.5, 0.6) is 5.75 Å². The zero-order valence-corrected chi connectivity index (χ0v) is 10.1. The van der Waals surface area contributed by atoms with Crippen LogP contribution in [0.4, 0.5) is 0 Å². The third kappa shape index (κ3) is 2.45. The maximum atomic E-state index is 5.79. The summed E-state index contributed by atoms with van der Waals surface area (Å²) >= 11 is 0. The van der Waals surface area contributed by atoms with E-state index in [0.29, 0.717) is 5.92 Å². The van der Waals surface area contributed by atoms with E-state index in [1.165, 1.54) is 12.8 Å². The Hall–Kier alpha value is -1.06. The van der Waals surface area contributed by atoms with E-state index in [-0.39, 0.29) is 6.29 Å². The predicted octanol–water partition coefficient (Wildman–Crippen LogP) is 2.77. The summed E-state index contributed by atoms with van der Waals surface area (Å²) in [5, 5.41) is 0. The highest BCUT2D eigenvalue weighted by Crippen LogP contribution is 2.40. The highest BCUT2D eigenvalue weighted by molar-refractivity contribution is 5.27. The molecule has 0 amide bonds. The minimum atomic E-state index is -0.198.